The van der Waals surface area contributed by atoms with E-state index in [0.717, 1.165) is 12.8 Å². The average Bonchev–Trinajstić information content (AvgIpc) is 3.06. The summed E-state index contributed by atoms with van der Waals surface area (Å²) >= 11 is 0. The molecular formula is C20H17FN4O. The Morgan fingerprint density at radius 1 is 1.08 bits per heavy atom. The molecule has 0 saturated heterocycles. The lowest BCUT2D eigenvalue weighted by atomic mass is 10.1. The van der Waals surface area contributed by atoms with Crippen LogP contribution in [0.2, 0.25) is 0 Å². The third-order valence-electron chi connectivity index (χ3n) is 4.29. The van der Waals surface area contributed by atoms with Crippen LogP contribution in [0.4, 0.5) is 4.39 Å². The number of halogens is 1. The summed E-state index contributed by atoms with van der Waals surface area (Å²) in [5.74, 6) is -0.0618. The summed E-state index contributed by atoms with van der Waals surface area (Å²) in [4.78, 5) is 23.9. The summed E-state index contributed by atoms with van der Waals surface area (Å²) in [6, 6.07) is 16.2. The minimum absolute atomic E-state index is 0.272. The van der Waals surface area contributed by atoms with Crippen molar-refractivity contribution in [3.8, 4) is 11.4 Å². The number of rotatable bonds is 5. The van der Waals surface area contributed by atoms with Crippen molar-refractivity contribution in [2.24, 2.45) is 0 Å². The molecule has 0 spiro atoms. The molecule has 5 nitrogen and oxygen atoms in total. The van der Waals surface area contributed by atoms with E-state index in [-0.39, 0.29) is 11.4 Å². The normalized spacial score (nSPS) is 11.1. The second-order valence-electron chi connectivity index (χ2n) is 6.12. The Morgan fingerprint density at radius 3 is 2.73 bits per heavy atom. The lowest BCUT2D eigenvalue weighted by Crippen LogP contribution is -2.13. The third-order valence-corrected chi connectivity index (χ3v) is 4.29. The van der Waals surface area contributed by atoms with E-state index in [2.05, 4.69) is 27.1 Å². The maximum absolute atomic E-state index is 13.4. The van der Waals surface area contributed by atoms with Crippen LogP contribution in [0.1, 0.15) is 12.0 Å². The van der Waals surface area contributed by atoms with Crippen molar-refractivity contribution in [2.45, 2.75) is 19.4 Å². The number of H-pyrrole nitrogens is 1. The van der Waals surface area contributed by atoms with Gasteiger partial charge in [0.25, 0.3) is 5.56 Å². The highest BCUT2D eigenvalue weighted by molar-refractivity contribution is 5.72. The summed E-state index contributed by atoms with van der Waals surface area (Å²) in [6.45, 7) is 0.676. The lowest BCUT2D eigenvalue weighted by Gasteiger charge is -2.05. The van der Waals surface area contributed by atoms with Gasteiger partial charge in [-0.2, -0.15) is 0 Å². The van der Waals surface area contributed by atoms with Crippen molar-refractivity contribution in [2.75, 3.05) is 0 Å². The number of benzene rings is 2. The Balaban J connectivity index is 1.59. The molecule has 0 fully saturated rings. The van der Waals surface area contributed by atoms with Crippen LogP contribution in [-0.4, -0.2) is 19.5 Å². The van der Waals surface area contributed by atoms with Crippen molar-refractivity contribution in [3.05, 3.63) is 82.7 Å². The number of hydrogen-bond acceptors (Lipinski definition) is 3. The highest BCUT2D eigenvalue weighted by atomic mass is 19.1. The van der Waals surface area contributed by atoms with Gasteiger partial charge < -0.3 is 9.55 Å². The van der Waals surface area contributed by atoms with Gasteiger partial charge in [-0.3, -0.25) is 4.79 Å². The monoisotopic (exact) mass is 348 g/mol. The maximum Gasteiger partial charge on any atom is 0.277 e. The Kier molecular flexibility index (Phi) is 4.31. The Bertz CT molecular complexity index is 1100. The molecule has 0 atom stereocenters. The molecule has 26 heavy (non-hydrogen) atoms. The van der Waals surface area contributed by atoms with Crippen LogP contribution >= 0.6 is 0 Å². The fourth-order valence-corrected chi connectivity index (χ4v) is 3.03. The van der Waals surface area contributed by atoms with Gasteiger partial charge in [0, 0.05) is 12.1 Å². The molecule has 0 aliphatic rings. The first kappa shape index (κ1) is 16.2. The van der Waals surface area contributed by atoms with E-state index in [1.54, 1.807) is 18.5 Å². The molecule has 0 bridgehead atoms. The van der Waals surface area contributed by atoms with Crippen LogP contribution in [0, 0.1) is 5.82 Å². The van der Waals surface area contributed by atoms with Gasteiger partial charge in [0.2, 0.25) is 0 Å². The predicted molar refractivity (Wildman–Crippen MR) is 98.3 cm³/mol. The van der Waals surface area contributed by atoms with E-state index in [4.69, 9.17) is 0 Å². The largest absolute Gasteiger partial charge is 0.325 e. The molecular weight excluding hydrogens is 331 g/mol. The van der Waals surface area contributed by atoms with Crippen LogP contribution in [0.5, 0.6) is 0 Å². The predicted octanol–water partition coefficient (Wildman–Crippen LogP) is 3.56. The standard InChI is InChI=1S/C20H17FN4O/c21-16-10-4-9-15(12-16)18-23-19-17(20(26)24-18)25(13-22-19)11-5-8-14-6-2-1-3-7-14/h1-4,6-7,9-10,12-13H,5,8,11H2,(H,23,24,26). The zero-order chi connectivity index (χ0) is 17.9. The Hall–Kier alpha value is -3.28. The maximum atomic E-state index is 13.4. The second-order valence-corrected chi connectivity index (χ2v) is 6.12. The van der Waals surface area contributed by atoms with Crippen LogP contribution in [0.15, 0.2) is 65.7 Å². The SMILES string of the molecule is O=c1[nH]c(-c2cccc(F)c2)nc2ncn(CCCc3ccccc3)c12. The third kappa shape index (κ3) is 3.26. The van der Waals surface area contributed by atoms with E-state index in [0.29, 0.717) is 29.1 Å². The summed E-state index contributed by atoms with van der Waals surface area (Å²) < 4.78 is 15.2. The van der Waals surface area contributed by atoms with Crippen molar-refractivity contribution in [1.82, 2.24) is 19.5 Å². The van der Waals surface area contributed by atoms with Gasteiger partial charge in [0.05, 0.1) is 6.33 Å². The first-order valence-electron chi connectivity index (χ1n) is 8.46. The van der Waals surface area contributed by atoms with Crippen LogP contribution in [0.25, 0.3) is 22.6 Å². The Labute approximate surface area is 149 Å². The highest BCUT2D eigenvalue weighted by Gasteiger charge is 2.12. The molecule has 0 saturated carbocycles. The number of aryl methyl sites for hydroxylation is 2. The van der Waals surface area contributed by atoms with Gasteiger partial charge in [-0.15, -0.1) is 0 Å². The fraction of sp³-hybridized carbons (Fsp3) is 0.150. The highest BCUT2D eigenvalue weighted by Crippen LogP contribution is 2.17. The fourth-order valence-electron chi connectivity index (χ4n) is 3.03. The van der Waals surface area contributed by atoms with Gasteiger partial charge in [0.15, 0.2) is 11.2 Å². The topological polar surface area (TPSA) is 63.6 Å². The molecule has 6 heteroatoms. The summed E-state index contributed by atoms with van der Waals surface area (Å²) in [5.41, 5.74) is 2.32. The van der Waals surface area contributed by atoms with Crippen LogP contribution in [-0.2, 0) is 13.0 Å². The molecule has 2 aromatic carbocycles. The molecule has 130 valence electrons. The molecule has 0 aliphatic heterocycles. The van der Waals surface area contributed by atoms with Gasteiger partial charge in [-0.25, -0.2) is 14.4 Å². The van der Waals surface area contributed by atoms with Crippen molar-refractivity contribution >= 4 is 11.2 Å². The summed E-state index contributed by atoms with van der Waals surface area (Å²) in [7, 11) is 0. The van der Waals surface area contributed by atoms with Gasteiger partial charge in [-0.1, -0.05) is 42.5 Å². The van der Waals surface area contributed by atoms with Crippen molar-refractivity contribution in [3.63, 3.8) is 0 Å². The Morgan fingerprint density at radius 2 is 1.92 bits per heavy atom. The summed E-state index contributed by atoms with van der Waals surface area (Å²) in [6.07, 6.45) is 3.45. The molecule has 0 radical (unpaired) electrons. The number of nitrogens with zero attached hydrogens (tertiary/aromatic N) is 3. The molecule has 4 aromatic rings. The zero-order valence-electron chi connectivity index (χ0n) is 14.0. The molecule has 0 unspecified atom stereocenters. The molecule has 4 rings (SSSR count). The van der Waals surface area contributed by atoms with E-state index < -0.39 is 0 Å². The molecule has 1 N–H and O–H groups in total. The van der Waals surface area contributed by atoms with Gasteiger partial charge in [-0.05, 0) is 30.5 Å². The summed E-state index contributed by atoms with van der Waals surface area (Å²) in [5, 5.41) is 0. The number of fused-ring (bicyclic) bond motifs is 1. The van der Waals surface area contributed by atoms with Crippen LogP contribution in [0.3, 0.4) is 0 Å². The molecule has 2 aromatic heterocycles. The second kappa shape index (κ2) is 6.92. The quantitative estimate of drug-likeness (QED) is 0.600. The van der Waals surface area contributed by atoms with E-state index in [9.17, 15) is 9.18 Å². The first-order chi connectivity index (χ1) is 12.7. The lowest BCUT2D eigenvalue weighted by molar-refractivity contribution is 0.628. The average molecular weight is 348 g/mol. The first-order valence-corrected chi connectivity index (χ1v) is 8.46. The number of aromatic amines is 1. The molecule has 2 heterocycles. The van der Waals surface area contributed by atoms with Gasteiger partial charge in [0.1, 0.15) is 11.6 Å². The number of imidazole rings is 1. The minimum atomic E-state index is -0.378. The van der Waals surface area contributed by atoms with Crippen molar-refractivity contribution < 1.29 is 4.39 Å². The molecule has 0 amide bonds. The van der Waals surface area contributed by atoms with Crippen molar-refractivity contribution in [1.29, 1.82) is 0 Å². The molecule has 0 aliphatic carbocycles. The van der Waals surface area contributed by atoms with E-state index in [1.165, 1.54) is 17.7 Å². The van der Waals surface area contributed by atoms with E-state index >= 15 is 0 Å². The number of hydrogen-bond donors (Lipinski definition) is 1. The van der Waals surface area contributed by atoms with Gasteiger partial charge >= 0.3 is 0 Å². The number of aromatic nitrogens is 4. The van der Waals surface area contributed by atoms with E-state index in [1.807, 2.05) is 22.8 Å². The smallest absolute Gasteiger partial charge is 0.277 e. The number of nitrogens with one attached hydrogen (secondary N) is 1. The zero-order valence-corrected chi connectivity index (χ0v) is 14.0. The van der Waals surface area contributed by atoms with Crippen LogP contribution < -0.4 is 5.56 Å². The minimum Gasteiger partial charge on any atom is -0.325 e.